The standard InChI is InChI=1S/C40H45ClN4O8/c1-26-28(24-53-37-19-36(52-23-27-6-4-13-42-20-27)29(18-33(37)41)21-43-34(22-46)38(47)48)7-2-8-30(26)31-9-3-10-35-32(31)11-16-45(35)15-5-14-44-17-12-40(51,25-44)39(49)50/h2-4,6-10,13,18-20,34,43,46,51H,5,11-12,14-17,21-25H2,1H3,(H,47,48)(H,49,50). The highest BCUT2D eigenvalue weighted by atomic mass is 35.5. The quantitative estimate of drug-likeness (QED) is 0.102. The summed E-state index contributed by atoms with van der Waals surface area (Å²) in [6.07, 6.45) is 5.42. The third kappa shape index (κ3) is 8.91. The molecule has 0 bridgehead atoms. The molecule has 2 unspecified atom stereocenters. The van der Waals surface area contributed by atoms with Gasteiger partial charge in [0.25, 0.3) is 0 Å². The van der Waals surface area contributed by atoms with E-state index in [-0.39, 0.29) is 32.7 Å². The highest BCUT2D eigenvalue weighted by molar-refractivity contribution is 6.32. The van der Waals surface area contributed by atoms with Crippen LogP contribution < -0.4 is 19.7 Å². The summed E-state index contributed by atoms with van der Waals surface area (Å²) in [5, 5.41) is 41.7. The summed E-state index contributed by atoms with van der Waals surface area (Å²) in [5.41, 5.74) is 6.71. The lowest BCUT2D eigenvalue weighted by molar-refractivity contribution is -0.157. The molecule has 5 N–H and O–H groups in total. The first kappa shape index (κ1) is 38.0. The smallest absolute Gasteiger partial charge is 0.337 e. The van der Waals surface area contributed by atoms with Crippen molar-refractivity contribution >= 4 is 29.2 Å². The van der Waals surface area contributed by atoms with Crippen LogP contribution in [0.5, 0.6) is 11.5 Å². The molecule has 0 amide bonds. The number of carbonyl (C=O) groups is 2. The number of pyridine rings is 1. The lowest BCUT2D eigenvalue weighted by Crippen LogP contribution is -2.41. The molecule has 3 aromatic carbocycles. The van der Waals surface area contributed by atoms with Crippen LogP contribution in [0.1, 0.15) is 40.7 Å². The first-order chi connectivity index (χ1) is 25.6. The van der Waals surface area contributed by atoms with Crippen molar-refractivity contribution in [2.75, 3.05) is 44.2 Å². The number of aliphatic hydroxyl groups excluding tert-OH is 1. The van der Waals surface area contributed by atoms with Crippen LogP contribution >= 0.6 is 11.6 Å². The largest absolute Gasteiger partial charge is 0.488 e. The van der Waals surface area contributed by atoms with Gasteiger partial charge in [-0.3, -0.25) is 20.0 Å². The summed E-state index contributed by atoms with van der Waals surface area (Å²) in [6, 6.07) is 18.5. The van der Waals surface area contributed by atoms with Crippen molar-refractivity contribution in [1.82, 2.24) is 15.2 Å². The second-order valence-corrected chi connectivity index (χ2v) is 14.0. The van der Waals surface area contributed by atoms with E-state index in [1.54, 1.807) is 24.5 Å². The van der Waals surface area contributed by atoms with Crippen molar-refractivity contribution in [1.29, 1.82) is 0 Å². The molecule has 1 aromatic heterocycles. The number of nitrogens with one attached hydrogen (secondary N) is 1. The van der Waals surface area contributed by atoms with Gasteiger partial charge in [-0.1, -0.05) is 48.0 Å². The predicted octanol–water partition coefficient (Wildman–Crippen LogP) is 4.68. The second-order valence-electron chi connectivity index (χ2n) is 13.6. The number of rotatable bonds is 17. The third-order valence-electron chi connectivity index (χ3n) is 10.1. The van der Waals surface area contributed by atoms with E-state index in [9.17, 15) is 30.0 Å². The Morgan fingerprint density at radius 2 is 1.77 bits per heavy atom. The Labute approximate surface area is 313 Å². The first-order valence-corrected chi connectivity index (χ1v) is 18.1. The van der Waals surface area contributed by atoms with Gasteiger partial charge in [0.2, 0.25) is 0 Å². The zero-order chi connectivity index (χ0) is 37.5. The minimum Gasteiger partial charge on any atom is -0.488 e. The number of ether oxygens (including phenoxy) is 2. The van der Waals surface area contributed by atoms with Crippen LogP contribution in [0.2, 0.25) is 5.02 Å². The molecule has 6 rings (SSSR count). The number of β-amino-alcohol motifs (C(OH)–C–C–N with tert-alkyl or cyclic N) is 1. The molecule has 0 saturated carbocycles. The first-order valence-electron chi connectivity index (χ1n) is 17.7. The molecule has 4 aromatic rings. The number of halogens is 1. The number of carboxylic acid groups (broad SMARTS) is 2. The number of hydrogen-bond donors (Lipinski definition) is 5. The van der Waals surface area contributed by atoms with Gasteiger partial charge in [0.1, 0.15) is 30.8 Å². The summed E-state index contributed by atoms with van der Waals surface area (Å²) in [6.45, 7) is 5.32. The van der Waals surface area contributed by atoms with Gasteiger partial charge < -0.3 is 34.8 Å². The topological polar surface area (TPSA) is 165 Å². The highest BCUT2D eigenvalue weighted by Crippen LogP contribution is 2.39. The van der Waals surface area contributed by atoms with Crippen molar-refractivity contribution in [2.24, 2.45) is 0 Å². The molecule has 53 heavy (non-hydrogen) atoms. The molecule has 2 aliphatic rings. The number of aliphatic hydroxyl groups is 2. The maximum absolute atomic E-state index is 11.5. The van der Waals surface area contributed by atoms with Crippen LogP contribution in [0.4, 0.5) is 5.69 Å². The van der Waals surface area contributed by atoms with E-state index in [0.717, 1.165) is 54.7 Å². The fourth-order valence-corrected chi connectivity index (χ4v) is 7.30. The van der Waals surface area contributed by atoms with Crippen molar-refractivity contribution in [3.8, 4) is 22.6 Å². The molecule has 1 saturated heterocycles. The van der Waals surface area contributed by atoms with Crippen molar-refractivity contribution in [3.05, 3.63) is 106 Å². The fourth-order valence-electron chi connectivity index (χ4n) is 7.06. The van der Waals surface area contributed by atoms with Gasteiger partial charge in [-0.25, -0.2) is 4.79 Å². The Morgan fingerprint density at radius 3 is 2.51 bits per heavy atom. The molecular weight excluding hydrogens is 700 g/mol. The highest BCUT2D eigenvalue weighted by Gasteiger charge is 2.42. The maximum Gasteiger partial charge on any atom is 0.337 e. The van der Waals surface area contributed by atoms with Gasteiger partial charge in [0, 0.05) is 74.4 Å². The Balaban J connectivity index is 1.15. The SMILES string of the molecule is Cc1c(COc2cc(OCc3cccnc3)c(CNC(CO)C(=O)O)cc2Cl)cccc1-c1cccc2c1CCN2CCCN1CCC(O)(C(=O)O)C1. The Morgan fingerprint density at radius 1 is 0.981 bits per heavy atom. The minimum absolute atomic E-state index is 0.0927. The van der Waals surface area contributed by atoms with Crippen LogP contribution in [0.25, 0.3) is 11.1 Å². The molecule has 13 heteroatoms. The van der Waals surface area contributed by atoms with E-state index in [1.807, 2.05) is 29.2 Å². The van der Waals surface area contributed by atoms with Gasteiger partial charge in [-0.15, -0.1) is 0 Å². The van der Waals surface area contributed by atoms with Crippen molar-refractivity contribution in [3.63, 3.8) is 0 Å². The number of aliphatic carboxylic acids is 2. The molecule has 3 heterocycles. The van der Waals surface area contributed by atoms with E-state index >= 15 is 0 Å². The van der Waals surface area contributed by atoms with Crippen LogP contribution in [-0.2, 0) is 35.8 Å². The molecule has 2 atom stereocenters. The summed E-state index contributed by atoms with van der Waals surface area (Å²) in [5.74, 6) is -1.44. The van der Waals surface area contributed by atoms with Gasteiger partial charge in [0.05, 0.1) is 11.6 Å². The van der Waals surface area contributed by atoms with E-state index in [1.165, 1.54) is 16.8 Å². The van der Waals surface area contributed by atoms with E-state index in [4.69, 9.17) is 21.1 Å². The Hall–Kier alpha value is -4.72. The zero-order valence-electron chi connectivity index (χ0n) is 29.6. The monoisotopic (exact) mass is 744 g/mol. The van der Waals surface area contributed by atoms with Crippen LogP contribution in [0.15, 0.2) is 73.1 Å². The number of anilines is 1. The lowest BCUT2D eigenvalue weighted by atomic mass is 9.92. The number of carboxylic acids is 2. The number of likely N-dealkylation sites (tertiary alicyclic amines) is 1. The molecule has 0 radical (unpaired) electrons. The number of hydrogen-bond acceptors (Lipinski definition) is 10. The summed E-state index contributed by atoms with van der Waals surface area (Å²) in [7, 11) is 0. The molecule has 1 fully saturated rings. The van der Waals surface area contributed by atoms with E-state index in [2.05, 4.69) is 46.4 Å². The fraction of sp³-hybridized carbons (Fsp3) is 0.375. The maximum atomic E-state index is 11.5. The average Bonchev–Trinajstić information content (AvgIpc) is 3.75. The number of fused-ring (bicyclic) bond motifs is 1. The number of nitrogens with zero attached hydrogens (tertiary/aromatic N) is 3. The van der Waals surface area contributed by atoms with Crippen LogP contribution in [0.3, 0.4) is 0 Å². The van der Waals surface area contributed by atoms with Gasteiger partial charge >= 0.3 is 11.9 Å². The molecule has 12 nitrogen and oxygen atoms in total. The Bertz CT molecular complexity index is 1930. The van der Waals surface area contributed by atoms with E-state index < -0.39 is 30.2 Å². The summed E-state index contributed by atoms with van der Waals surface area (Å²) in [4.78, 5) is 31.5. The molecule has 280 valence electrons. The number of benzene rings is 3. The average molecular weight is 745 g/mol. The molecular formula is C40H45ClN4O8. The van der Waals surface area contributed by atoms with Gasteiger partial charge in [0.15, 0.2) is 5.60 Å². The molecule has 0 aliphatic carbocycles. The normalized spacial score (nSPS) is 17.5. The number of aromatic nitrogens is 1. The van der Waals surface area contributed by atoms with Gasteiger partial charge in [-0.05, 0) is 72.3 Å². The molecule has 2 aliphatic heterocycles. The van der Waals surface area contributed by atoms with E-state index in [0.29, 0.717) is 28.6 Å². The van der Waals surface area contributed by atoms with Gasteiger partial charge in [-0.2, -0.15) is 0 Å². The third-order valence-corrected chi connectivity index (χ3v) is 10.4. The van der Waals surface area contributed by atoms with Crippen molar-refractivity contribution < 1.29 is 39.5 Å². The van der Waals surface area contributed by atoms with Crippen molar-refractivity contribution in [2.45, 2.75) is 57.6 Å². The van der Waals surface area contributed by atoms with Crippen LogP contribution in [0, 0.1) is 6.92 Å². The second kappa shape index (κ2) is 17.0. The lowest BCUT2D eigenvalue weighted by Gasteiger charge is -2.23. The summed E-state index contributed by atoms with van der Waals surface area (Å²) < 4.78 is 12.5. The summed E-state index contributed by atoms with van der Waals surface area (Å²) >= 11 is 6.71. The Kier molecular flexibility index (Phi) is 12.2. The van der Waals surface area contributed by atoms with Crippen LogP contribution in [-0.4, -0.2) is 93.2 Å². The predicted molar refractivity (Wildman–Crippen MR) is 200 cm³/mol. The molecule has 0 spiro atoms. The zero-order valence-corrected chi connectivity index (χ0v) is 30.4. The minimum atomic E-state index is -1.64.